The van der Waals surface area contributed by atoms with Crippen molar-refractivity contribution < 1.29 is 27.1 Å². The molecule has 0 saturated carbocycles. The Bertz CT molecular complexity index is 1380. The van der Waals surface area contributed by atoms with Crippen molar-refractivity contribution in [2.45, 2.75) is 38.8 Å². The van der Waals surface area contributed by atoms with Crippen LogP contribution in [0, 0.1) is 5.82 Å². The average molecular weight is 570 g/mol. The van der Waals surface area contributed by atoms with E-state index in [0.29, 0.717) is 17.9 Å². The van der Waals surface area contributed by atoms with Gasteiger partial charge in [0.05, 0.1) is 19.1 Å². The van der Waals surface area contributed by atoms with E-state index in [4.69, 9.17) is 4.74 Å². The van der Waals surface area contributed by atoms with Gasteiger partial charge >= 0.3 is 0 Å². The Labute approximate surface area is 235 Å². The Kier molecular flexibility index (Phi) is 11.1. The number of amides is 2. The van der Waals surface area contributed by atoms with Gasteiger partial charge in [-0.25, -0.2) is 12.8 Å². The molecule has 0 saturated heterocycles. The van der Waals surface area contributed by atoms with E-state index >= 15 is 0 Å². The first kappa shape index (κ1) is 30.6. The molecule has 3 aromatic carbocycles. The van der Waals surface area contributed by atoms with Gasteiger partial charge in [0.1, 0.15) is 24.2 Å². The zero-order chi connectivity index (χ0) is 29.1. The van der Waals surface area contributed by atoms with E-state index in [2.05, 4.69) is 5.32 Å². The second-order valence-electron chi connectivity index (χ2n) is 9.44. The molecule has 0 bridgehead atoms. The fourth-order valence-electron chi connectivity index (χ4n) is 4.28. The third-order valence-corrected chi connectivity index (χ3v) is 7.51. The van der Waals surface area contributed by atoms with Gasteiger partial charge in [-0.2, -0.15) is 0 Å². The third kappa shape index (κ3) is 8.54. The minimum Gasteiger partial charge on any atom is -0.497 e. The predicted molar refractivity (Wildman–Crippen MR) is 154 cm³/mol. The molecule has 0 heterocycles. The molecule has 0 aromatic heterocycles. The van der Waals surface area contributed by atoms with Gasteiger partial charge in [0.25, 0.3) is 0 Å². The van der Waals surface area contributed by atoms with Crippen molar-refractivity contribution in [2.24, 2.45) is 0 Å². The molecule has 3 aromatic rings. The number of carbonyl (C=O) groups is 2. The number of para-hydroxylation sites is 1. The first-order valence-corrected chi connectivity index (χ1v) is 14.9. The number of carbonyl (C=O) groups excluding carboxylic acids is 2. The summed E-state index contributed by atoms with van der Waals surface area (Å²) in [5.41, 5.74) is 1.27. The maximum atomic E-state index is 14.7. The van der Waals surface area contributed by atoms with Crippen LogP contribution in [0.15, 0.2) is 78.9 Å². The lowest BCUT2D eigenvalue weighted by Gasteiger charge is -2.33. The summed E-state index contributed by atoms with van der Waals surface area (Å²) in [5.74, 6) is -1.22. The smallest absolute Gasteiger partial charge is 0.244 e. The number of ether oxygens (including phenoxy) is 1. The predicted octanol–water partition coefficient (Wildman–Crippen LogP) is 4.16. The van der Waals surface area contributed by atoms with Crippen LogP contribution in [0.4, 0.5) is 10.1 Å². The van der Waals surface area contributed by atoms with Crippen molar-refractivity contribution in [2.75, 3.05) is 30.8 Å². The van der Waals surface area contributed by atoms with Crippen LogP contribution in [0.3, 0.4) is 0 Å². The number of sulfonamides is 1. The summed E-state index contributed by atoms with van der Waals surface area (Å²) in [6.07, 6.45) is 2.76. The number of nitrogens with one attached hydrogen (secondary N) is 1. The molecule has 1 atom stereocenters. The number of hydrogen-bond donors (Lipinski definition) is 1. The molecule has 0 aliphatic carbocycles. The van der Waals surface area contributed by atoms with Gasteiger partial charge < -0.3 is 15.0 Å². The van der Waals surface area contributed by atoms with Crippen molar-refractivity contribution in [3.8, 4) is 5.75 Å². The Balaban J connectivity index is 2.05. The quantitative estimate of drug-likeness (QED) is 0.294. The summed E-state index contributed by atoms with van der Waals surface area (Å²) < 4.78 is 46.2. The summed E-state index contributed by atoms with van der Waals surface area (Å²) in [6.45, 7) is 1.77. The Morgan fingerprint density at radius 1 is 0.975 bits per heavy atom. The molecule has 0 aliphatic rings. The largest absolute Gasteiger partial charge is 0.497 e. The van der Waals surface area contributed by atoms with E-state index in [1.807, 2.05) is 37.3 Å². The van der Waals surface area contributed by atoms with Crippen molar-refractivity contribution in [1.82, 2.24) is 10.2 Å². The third-order valence-electron chi connectivity index (χ3n) is 6.39. The molecule has 214 valence electrons. The second-order valence-corrected chi connectivity index (χ2v) is 11.4. The fraction of sp³-hybridized carbons (Fsp3) is 0.333. The molecule has 1 N–H and O–H groups in total. The maximum absolute atomic E-state index is 14.7. The summed E-state index contributed by atoms with van der Waals surface area (Å²) in [7, 11) is -2.52. The van der Waals surface area contributed by atoms with Gasteiger partial charge in [-0.3, -0.25) is 13.9 Å². The summed E-state index contributed by atoms with van der Waals surface area (Å²) in [5, 5.41) is 2.92. The Morgan fingerprint density at radius 3 is 2.30 bits per heavy atom. The van der Waals surface area contributed by atoms with Crippen LogP contribution in [0.25, 0.3) is 0 Å². The number of nitrogens with zero attached hydrogens (tertiary/aromatic N) is 2. The van der Waals surface area contributed by atoms with E-state index in [0.717, 1.165) is 35.0 Å². The minimum atomic E-state index is -4.05. The number of hydrogen-bond acceptors (Lipinski definition) is 5. The molecule has 0 unspecified atom stereocenters. The molecular formula is C30H36FN3O5S. The van der Waals surface area contributed by atoms with Crippen LogP contribution in [0.5, 0.6) is 5.75 Å². The topological polar surface area (TPSA) is 96.0 Å². The molecule has 0 radical (unpaired) electrons. The summed E-state index contributed by atoms with van der Waals surface area (Å²) in [4.78, 5) is 28.9. The first-order valence-electron chi connectivity index (χ1n) is 13.1. The lowest BCUT2D eigenvalue weighted by molar-refractivity contribution is -0.140. The van der Waals surface area contributed by atoms with Gasteiger partial charge in [-0.05, 0) is 41.8 Å². The number of halogens is 1. The number of anilines is 1. The lowest BCUT2D eigenvalue weighted by atomic mass is 10.0. The van der Waals surface area contributed by atoms with Crippen LogP contribution in [-0.4, -0.2) is 57.6 Å². The molecule has 2 amide bonds. The molecule has 0 spiro atoms. The maximum Gasteiger partial charge on any atom is 0.244 e. The average Bonchev–Trinajstić information content (AvgIpc) is 2.94. The van der Waals surface area contributed by atoms with Gasteiger partial charge in [0.2, 0.25) is 21.8 Å². The van der Waals surface area contributed by atoms with E-state index < -0.39 is 34.3 Å². The van der Waals surface area contributed by atoms with E-state index in [9.17, 15) is 22.4 Å². The fourth-order valence-corrected chi connectivity index (χ4v) is 5.13. The second kappa shape index (κ2) is 14.5. The normalized spacial score (nSPS) is 11.9. The first-order chi connectivity index (χ1) is 19.1. The van der Waals surface area contributed by atoms with Crippen LogP contribution in [0.2, 0.25) is 0 Å². The van der Waals surface area contributed by atoms with Gasteiger partial charge in [0.15, 0.2) is 0 Å². The highest BCUT2D eigenvalue weighted by Gasteiger charge is 2.33. The highest BCUT2D eigenvalue weighted by molar-refractivity contribution is 7.92. The molecule has 0 fully saturated rings. The monoisotopic (exact) mass is 569 g/mol. The molecule has 0 aliphatic heterocycles. The van der Waals surface area contributed by atoms with E-state index in [-0.39, 0.29) is 24.6 Å². The number of benzene rings is 3. The standard InChI is InChI=1S/C30H36FN3O5S/c1-4-5-18-32-30(36)28(20-23-12-7-6-8-13-23)33(21-24-14-11-15-25(19-24)39-2)29(35)22-34(40(3,37)38)27-17-10-9-16-26(27)31/h6-17,19,28H,4-5,18,20-22H2,1-3H3,(H,32,36)/t28-/m0/s1. The number of unbranched alkanes of at least 4 members (excludes halogenated alkanes) is 1. The minimum absolute atomic E-state index is 0.00358. The zero-order valence-corrected chi connectivity index (χ0v) is 23.9. The van der Waals surface area contributed by atoms with E-state index in [1.54, 1.807) is 24.3 Å². The molecular weight excluding hydrogens is 533 g/mol. The molecule has 10 heteroatoms. The van der Waals surface area contributed by atoms with Crippen LogP contribution in [0.1, 0.15) is 30.9 Å². The van der Waals surface area contributed by atoms with Crippen molar-refractivity contribution in [3.63, 3.8) is 0 Å². The SMILES string of the molecule is CCCCNC(=O)[C@H](Cc1ccccc1)N(Cc1cccc(OC)c1)C(=O)CN(c1ccccc1F)S(C)(=O)=O. The van der Waals surface area contributed by atoms with Gasteiger partial charge in [-0.1, -0.05) is 67.9 Å². The molecule has 40 heavy (non-hydrogen) atoms. The number of rotatable bonds is 14. The highest BCUT2D eigenvalue weighted by Crippen LogP contribution is 2.23. The molecule has 3 rings (SSSR count). The summed E-state index contributed by atoms with van der Waals surface area (Å²) in [6, 6.07) is 20.8. The van der Waals surface area contributed by atoms with Crippen molar-refractivity contribution in [3.05, 3.63) is 95.8 Å². The van der Waals surface area contributed by atoms with Crippen LogP contribution < -0.4 is 14.4 Å². The van der Waals surface area contributed by atoms with E-state index in [1.165, 1.54) is 30.2 Å². The lowest BCUT2D eigenvalue weighted by Crippen LogP contribution is -2.53. The van der Waals surface area contributed by atoms with Crippen molar-refractivity contribution in [1.29, 1.82) is 0 Å². The Hall–Kier alpha value is -3.92. The van der Waals surface area contributed by atoms with Gasteiger partial charge in [-0.15, -0.1) is 0 Å². The van der Waals surface area contributed by atoms with Crippen molar-refractivity contribution >= 4 is 27.5 Å². The van der Waals surface area contributed by atoms with Crippen LogP contribution in [-0.2, 0) is 32.6 Å². The molecule has 8 nitrogen and oxygen atoms in total. The van der Waals surface area contributed by atoms with Crippen LogP contribution >= 0.6 is 0 Å². The Morgan fingerprint density at radius 2 is 1.65 bits per heavy atom. The zero-order valence-electron chi connectivity index (χ0n) is 23.0. The number of methoxy groups -OCH3 is 1. The summed E-state index contributed by atoms with van der Waals surface area (Å²) >= 11 is 0. The highest BCUT2D eigenvalue weighted by atomic mass is 32.2. The van der Waals surface area contributed by atoms with Gasteiger partial charge in [0, 0.05) is 19.5 Å².